The highest BCUT2D eigenvalue weighted by Gasteiger charge is 2.15. The second-order valence-electron chi connectivity index (χ2n) is 4.62. The molecule has 0 radical (unpaired) electrons. The van der Waals surface area contributed by atoms with Gasteiger partial charge in [0.05, 0.1) is 18.8 Å². The summed E-state index contributed by atoms with van der Waals surface area (Å²) in [6.45, 7) is 3.68. The van der Waals surface area contributed by atoms with Crippen LogP contribution in [0.3, 0.4) is 0 Å². The number of nitrogens with two attached hydrogens (primary N) is 1. The van der Waals surface area contributed by atoms with Gasteiger partial charge in [-0.3, -0.25) is 4.79 Å². The summed E-state index contributed by atoms with van der Waals surface area (Å²) in [5.74, 6) is 0.194. The number of hydrogen-bond acceptors (Lipinski definition) is 5. The van der Waals surface area contributed by atoms with E-state index in [2.05, 4.69) is 10.3 Å². The van der Waals surface area contributed by atoms with Gasteiger partial charge in [-0.05, 0) is 25.5 Å². The largest absolute Gasteiger partial charge is 0.495 e. The molecule has 21 heavy (non-hydrogen) atoms. The molecule has 2 aromatic rings. The number of nitrogens with one attached hydrogen (secondary N) is 1. The number of hydrogen-bond donors (Lipinski definition) is 2. The van der Waals surface area contributed by atoms with Crippen molar-refractivity contribution >= 4 is 34.5 Å². The molecule has 5 nitrogen and oxygen atoms in total. The number of rotatable bonds is 4. The Morgan fingerprint density at radius 3 is 2.81 bits per heavy atom. The average molecular weight is 326 g/mol. The number of ether oxygens (including phenoxy) is 1. The molecule has 0 aliphatic heterocycles. The zero-order valence-corrected chi connectivity index (χ0v) is 13.5. The van der Waals surface area contributed by atoms with E-state index >= 15 is 0 Å². The molecule has 0 bridgehead atoms. The first-order valence-corrected chi connectivity index (χ1v) is 7.54. The molecule has 0 aliphatic carbocycles. The number of halogens is 1. The van der Waals surface area contributed by atoms with E-state index in [9.17, 15) is 4.79 Å². The van der Waals surface area contributed by atoms with Gasteiger partial charge in [0.2, 0.25) is 0 Å². The molecule has 0 saturated carbocycles. The third-order valence-corrected chi connectivity index (χ3v) is 4.33. The molecule has 1 aromatic heterocycles. The summed E-state index contributed by atoms with van der Waals surface area (Å²) in [6.07, 6.45) is 0. The van der Waals surface area contributed by atoms with E-state index in [4.69, 9.17) is 22.1 Å². The van der Waals surface area contributed by atoms with E-state index in [0.717, 1.165) is 10.6 Å². The molecule has 1 aromatic carbocycles. The Morgan fingerprint density at radius 2 is 2.24 bits per heavy atom. The number of carbonyl (C=O) groups excluding carboxylic acids is 1. The van der Waals surface area contributed by atoms with Crippen molar-refractivity contribution in [3.8, 4) is 5.75 Å². The lowest BCUT2D eigenvalue weighted by Gasteiger charge is -2.11. The summed E-state index contributed by atoms with van der Waals surface area (Å²) >= 11 is 7.40. The summed E-state index contributed by atoms with van der Waals surface area (Å²) in [5, 5.41) is 5.77. The Morgan fingerprint density at radius 1 is 1.52 bits per heavy atom. The van der Waals surface area contributed by atoms with Gasteiger partial charge in [0.1, 0.15) is 16.5 Å². The van der Waals surface area contributed by atoms with Gasteiger partial charge in [0, 0.05) is 16.5 Å². The highest BCUT2D eigenvalue weighted by Crippen LogP contribution is 2.31. The summed E-state index contributed by atoms with van der Waals surface area (Å²) in [6, 6.07) is 3.24. The highest BCUT2D eigenvalue weighted by molar-refractivity contribution is 7.09. The quantitative estimate of drug-likeness (QED) is 0.903. The van der Waals surface area contributed by atoms with Crippen LogP contribution in [0.5, 0.6) is 5.75 Å². The Labute approximate surface area is 132 Å². The van der Waals surface area contributed by atoms with Crippen LogP contribution in [0.2, 0.25) is 5.02 Å². The molecule has 112 valence electrons. The summed E-state index contributed by atoms with van der Waals surface area (Å²) in [7, 11) is 1.52. The van der Waals surface area contributed by atoms with Gasteiger partial charge in [-0.25, -0.2) is 4.98 Å². The van der Waals surface area contributed by atoms with Crippen molar-refractivity contribution in [2.45, 2.75) is 19.9 Å². The Balaban J connectivity index is 2.24. The van der Waals surface area contributed by atoms with Crippen molar-refractivity contribution in [3.05, 3.63) is 38.8 Å². The minimum Gasteiger partial charge on any atom is -0.495 e. The van der Waals surface area contributed by atoms with Gasteiger partial charge in [0.15, 0.2) is 0 Å². The monoisotopic (exact) mass is 325 g/mol. The van der Waals surface area contributed by atoms with E-state index < -0.39 is 0 Å². The number of aryl methyl sites for hydroxylation is 1. The van der Waals surface area contributed by atoms with Crippen molar-refractivity contribution < 1.29 is 9.53 Å². The SMILES string of the molecule is COc1cc(Cl)c(C)cc1NC(=O)c1csc(C(C)N)n1. The van der Waals surface area contributed by atoms with Gasteiger partial charge < -0.3 is 15.8 Å². The van der Waals surface area contributed by atoms with Gasteiger partial charge in [0.25, 0.3) is 5.91 Å². The third kappa shape index (κ3) is 3.53. The fourth-order valence-electron chi connectivity index (χ4n) is 1.72. The van der Waals surface area contributed by atoms with Crippen molar-refractivity contribution in [1.82, 2.24) is 4.98 Å². The topological polar surface area (TPSA) is 77.2 Å². The minimum atomic E-state index is -0.307. The first-order valence-electron chi connectivity index (χ1n) is 6.29. The zero-order valence-electron chi connectivity index (χ0n) is 11.9. The molecule has 0 saturated heterocycles. The molecule has 0 aliphatic rings. The number of thiazole rings is 1. The van der Waals surface area contributed by atoms with Gasteiger partial charge >= 0.3 is 0 Å². The average Bonchev–Trinajstić information content (AvgIpc) is 2.92. The lowest BCUT2D eigenvalue weighted by atomic mass is 10.2. The van der Waals surface area contributed by atoms with Gasteiger partial charge in [-0.15, -0.1) is 11.3 Å². The number of amides is 1. The molecule has 7 heteroatoms. The Bertz CT molecular complexity index is 670. The first kappa shape index (κ1) is 15.8. The molecule has 1 unspecified atom stereocenters. The summed E-state index contributed by atoms with van der Waals surface area (Å²) in [4.78, 5) is 16.4. The molecule has 3 N–H and O–H groups in total. The number of methoxy groups -OCH3 is 1. The second-order valence-corrected chi connectivity index (χ2v) is 5.91. The van der Waals surface area contributed by atoms with Crippen molar-refractivity contribution in [3.63, 3.8) is 0 Å². The molecule has 1 heterocycles. The summed E-state index contributed by atoms with van der Waals surface area (Å²) < 4.78 is 5.22. The minimum absolute atomic E-state index is 0.191. The first-order chi connectivity index (χ1) is 9.92. The van der Waals surface area contributed by atoms with Crippen LogP contribution in [0.25, 0.3) is 0 Å². The lowest BCUT2D eigenvalue weighted by Crippen LogP contribution is -2.14. The number of benzene rings is 1. The molecule has 2 rings (SSSR count). The Kier molecular flexibility index (Phi) is 4.82. The third-order valence-electron chi connectivity index (χ3n) is 2.87. The second kappa shape index (κ2) is 6.43. The molecular formula is C14H16ClN3O2S. The molecular weight excluding hydrogens is 310 g/mol. The van der Waals surface area contributed by atoms with Crippen LogP contribution in [-0.2, 0) is 0 Å². The summed E-state index contributed by atoms with van der Waals surface area (Å²) in [5.41, 5.74) is 7.48. The highest BCUT2D eigenvalue weighted by atomic mass is 35.5. The van der Waals surface area contributed by atoms with E-state index in [-0.39, 0.29) is 11.9 Å². The maximum Gasteiger partial charge on any atom is 0.275 e. The van der Waals surface area contributed by atoms with Crippen LogP contribution in [0, 0.1) is 6.92 Å². The standard InChI is InChI=1S/C14H16ClN3O2S/c1-7-4-10(12(20-3)5-9(7)15)17-13(19)11-6-21-14(18-11)8(2)16/h4-6,8H,16H2,1-3H3,(H,17,19). The smallest absolute Gasteiger partial charge is 0.275 e. The predicted octanol–water partition coefficient (Wildman–Crippen LogP) is 3.39. The van der Waals surface area contributed by atoms with Crippen LogP contribution in [0.4, 0.5) is 5.69 Å². The van der Waals surface area contributed by atoms with Crippen LogP contribution < -0.4 is 15.8 Å². The van der Waals surface area contributed by atoms with Crippen LogP contribution in [-0.4, -0.2) is 18.0 Å². The van der Waals surface area contributed by atoms with E-state index in [1.54, 1.807) is 17.5 Å². The maximum absolute atomic E-state index is 12.2. The van der Waals surface area contributed by atoms with E-state index in [1.807, 2.05) is 13.8 Å². The van der Waals surface area contributed by atoms with Gasteiger partial charge in [-0.1, -0.05) is 11.6 Å². The van der Waals surface area contributed by atoms with E-state index in [0.29, 0.717) is 22.2 Å². The lowest BCUT2D eigenvalue weighted by molar-refractivity contribution is 0.102. The van der Waals surface area contributed by atoms with Crippen LogP contribution >= 0.6 is 22.9 Å². The maximum atomic E-state index is 12.2. The molecule has 1 atom stereocenters. The normalized spacial score (nSPS) is 12.0. The number of anilines is 1. The van der Waals surface area contributed by atoms with Crippen molar-refractivity contribution in [1.29, 1.82) is 0 Å². The van der Waals surface area contributed by atoms with Crippen molar-refractivity contribution in [2.24, 2.45) is 5.73 Å². The predicted molar refractivity (Wildman–Crippen MR) is 85.4 cm³/mol. The van der Waals surface area contributed by atoms with Crippen LogP contribution in [0.1, 0.15) is 34.0 Å². The van der Waals surface area contributed by atoms with E-state index in [1.165, 1.54) is 18.4 Å². The molecule has 0 fully saturated rings. The van der Waals surface area contributed by atoms with Crippen molar-refractivity contribution in [2.75, 3.05) is 12.4 Å². The molecule has 0 spiro atoms. The number of nitrogens with zero attached hydrogens (tertiary/aromatic N) is 1. The number of carbonyl (C=O) groups is 1. The van der Waals surface area contributed by atoms with Gasteiger partial charge in [-0.2, -0.15) is 0 Å². The van der Waals surface area contributed by atoms with Crippen LogP contribution in [0.15, 0.2) is 17.5 Å². The Hall–Kier alpha value is -1.63. The molecule has 1 amide bonds. The number of aromatic nitrogens is 1. The fraction of sp³-hybridized carbons (Fsp3) is 0.286. The fourth-order valence-corrected chi connectivity index (χ4v) is 2.63. The zero-order chi connectivity index (χ0) is 15.6.